The van der Waals surface area contributed by atoms with Crippen molar-refractivity contribution in [2.45, 2.75) is 6.04 Å². The van der Waals surface area contributed by atoms with Gasteiger partial charge in [-0.15, -0.1) is 0 Å². The van der Waals surface area contributed by atoms with Gasteiger partial charge in [-0.2, -0.15) is 0 Å². The molecule has 0 saturated heterocycles. The predicted molar refractivity (Wildman–Crippen MR) is 64.1 cm³/mol. The minimum absolute atomic E-state index is 0.0493. The lowest BCUT2D eigenvalue weighted by Crippen LogP contribution is -2.21. The number of Topliss-reactive ketones (excluding diaryl/α,β-unsaturated/α-hetero) is 1. The lowest BCUT2D eigenvalue weighted by atomic mass is 9.98. The molecule has 1 atom stereocenters. The Hall–Kier alpha value is -1.93. The smallest absolute Gasteiger partial charge is 0.184 e. The van der Waals surface area contributed by atoms with Gasteiger partial charge in [0.25, 0.3) is 0 Å². The molecular weight excluding hydrogens is 198 g/mol. The van der Waals surface area contributed by atoms with Crippen LogP contribution in [0.5, 0.6) is 0 Å². The summed E-state index contributed by atoms with van der Waals surface area (Å²) in [6.45, 7) is 0. The highest BCUT2D eigenvalue weighted by molar-refractivity contribution is 6.00. The summed E-state index contributed by atoms with van der Waals surface area (Å²) in [6, 6.07) is 17.9. The second kappa shape index (κ2) is 4.73. The highest BCUT2D eigenvalue weighted by Gasteiger charge is 2.16. The van der Waals surface area contributed by atoms with Crippen LogP contribution >= 0.6 is 0 Å². The molecule has 2 nitrogen and oxygen atoms in total. The van der Waals surface area contributed by atoms with E-state index in [0.717, 1.165) is 5.56 Å². The summed E-state index contributed by atoms with van der Waals surface area (Å²) in [5.41, 5.74) is 7.42. The first-order valence-corrected chi connectivity index (χ1v) is 5.19. The van der Waals surface area contributed by atoms with Crippen LogP contribution in [-0.4, -0.2) is 5.78 Å². The van der Waals surface area contributed by atoms with Gasteiger partial charge in [0.1, 0.15) is 0 Å². The summed E-state index contributed by atoms with van der Waals surface area (Å²) in [5, 5.41) is 0. The molecule has 2 aromatic carbocycles. The maximum Gasteiger partial charge on any atom is 0.184 e. The van der Waals surface area contributed by atoms with E-state index in [4.69, 9.17) is 5.73 Å². The third-order valence-electron chi connectivity index (χ3n) is 2.50. The third-order valence-corrected chi connectivity index (χ3v) is 2.50. The Morgan fingerprint density at radius 2 is 1.38 bits per heavy atom. The molecule has 16 heavy (non-hydrogen) atoms. The first-order chi connectivity index (χ1) is 7.79. The molecule has 0 radical (unpaired) electrons. The molecule has 2 rings (SSSR count). The second-order valence-corrected chi connectivity index (χ2v) is 3.62. The van der Waals surface area contributed by atoms with Crippen molar-refractivity contribution in [3.63, 3.8) is 0 Å². The molecule has 0 amide bonds. The fourth-order valence-electron chi connectivity index (χ4n) is 1.59. The molecule has 0 bridgehead atoms. The standard InChI is InChI=1S/C14H13NO/c15-13(11-7-3-1-4-8-11)14(16)12-9-5-2-6-10-12/h1-10,13H,15H2. The van der Waals surface area contributed by atoms with Crippen LogP contribution < -0.4 is 5.73 Å². The molecule has 0 aromatic heterocycles. The van der Waals surface area contributed by atoms with Crippen molar-refractivity contribution in [1.82, 2.24) is 0 Å². The van der Waals surface area contributed by atoms with Gasteiger partial charge in [-0.1, -0.05) is 60.7 Å². The van der Waals surface area contributed by atoms with Gasteiger partial charge in [-0.05, 0) is 5.56 Å². The van der Waals surface area contributed by atoms with E-state index in [9.17, 15) is 4.79 Å². The normalized spacial score (nSPS) is 12.1. The Kier molecular flexibility index (Phi) is 3.13. The fraction of sp³-hybridized carbons (Fsp3) is 0.0714. The van der Waals surface area contributed by atoms with E-state index >= 15 is 0 Å². The Labute approximate surface area is 94.7 Å². The summed E-state index contributed by atoms with van der Waals surface area (Å²) in [6.07, 6.45) is 0. The number of ketones is 1. The number of benzene rings is 2. The van der Waals surface area contributed by atoms with Crippen molar-refractivity contribution in [2.75, 3.05) is 0 Å². The van der Waals surface area contributed by atoms with Gasteiger partial charge in [-0.3, -0.25) is 4.79 Å². The molecule has 2 N–H and O–H groups in total. The highest BCUT2D eigenvalue weighted by Crippen LogP contribution is 2.15. The number of hydrogen-bond acceptors (Lipinski definition) is 2. The van der Waals surface area contributed by atoms with E-state index in [1.807, 2.05) is 48.5 Å². The number of carbonyl (C=O) groups excluding carboxylic acids is 1. The first kappa shape index (κ1) is 10.6. The van der Waals surface area contributed by atoms with Crippen molar-refractivity contribution in [1.29, 1.82) is 0 Å². The second-order valence-electron chi connectivity index (χ2n) is 3.62. The quantitative estimate of drug-likeness (QED) is 0.793. The van der Waals surface area contributed by atoms with Gasteiger partial charge < -0.3 is 5.73 Å². The van der Waals surface area contributed by atoms with Crippen molar-refractivity contribution >= 4 is 5.78 Å². The Morgan fingerprint density at radius 1 is 0.875 bits per heavy atom. The summed E-state index contributed by atoms with van der Waals surface area (Å²) in [4.78, 5) is 12.0. The molecule has 2 aromatic rings. The fourth-order valence-corrected chi connectivity index (χ4v) is 1.59. The van der Waals surface area contributed by atoms with Crippen molar-refractivity contribution in [3.8, 4) is 0 Å². The van der Waals surface area contributed by atoms with E-state index in [0.29, 0.717) is 5.56 Å². The van der Waals surface area contributed by atoms with E-state index in [-0.39, 0.29) is 5.78 Å². The zero-order valence-electron chi connectivity index (χ0n) is 8.84. The molecule has 0 fully saturated rings. The highest BCUT2D eigenvalue weighted by atomic mass is 16.1. The third kappa shape index (κ3) is 2.18. The SMILES string of the molecule is NC(C(=O)c1ccccc1)c1ccccc1. The van der Waals surface area contributed by atoms with E-state index in [1.54, 1.807) is 12.1 Å². The minimum Gasteiger partial charge on any atom is -0.318 e. The number of nitrogens with two attached hydrogens (primary N) is 1. The summed E-state index contributed by atoms with van der Waals surface area (Å²) in [7, 11) is 0. The number of carbonyl (C=O) groups is 1. The molecule has 80 valence electrons. The molecule has 2 heteroatoms. The molecule has 0 heterocycles. The van der Waals surface area contributed by atoms with Crippen LogP contribution in [0.4, 0.5) is 0 Å². The van der Waals surface area contributed by atoms with Gasteiger partial charge in [-0.25, -0.2) is 0 Å². The minimum atomic E-state index is -0.580. The van der Waals surface area contributed by atoms with E-state index < -0.39 is 6.04 Å². The lowest BCUT2D eigenvalue weighted by Gasteiger charge is -2.10. The van der Waals surface area contributed by atoms with Crippen molar-refractivity contribution in [3.05, 3.63) is 71.8 Å². The van der Waals surface area contributed by atoms with E-state index in [1.165, 1.54) is 0 Å². The molecule has 0 aliphatic rings. The predicted octanol–water partition coefficient (Wildman–Crippen LogP) is 2.57. The van der Waals surface area contributed by atoms with Gasteiger partial charge in [0.2, 0.25) is 0 Å². The van der Waals surface area contributed by atoms with Crippen LogP contribution in [0.15, 0.2) is 60.7 Å². The largest absolute Gasteiger partial charge is 0.318 e. The van der Waals surface area contributed by atoms with Crippen LogP contribution in [0.1, 0.15) is 22.0 Å². The van der Waals surface area contributed by atoms with Gasteiger partial charge >= 0.3 is 0 Å². The topological polar surface area (TPSA) is 43.1 Å². The Bertz CT molecular complexity index is 465. The van der Waals surface area contributed by atoms with Gasteiger partial charge in [0.15, 0.2) is 5.78 Å². The van der Waals surface area contributed by atoms with Crippen LogP contribution in [-0.2, 0) is 0 Å². The van der Waals surface area contributed by atoms with Crippen molar-refractivity contribution in [2.24, 2.45) is 5.73 Å². The van der Waals surface area contributed by atoms with Crippen LogP contribution in [0, 0.1) is 0 Å². The first-order valence-electron chi connectivity index (χ1n) is 5.19. The average molecular weight is 211 g/mol. The summed E-state index contributed by atoms with van der Waals surface area (Å²) >= 11 is 0. The molecule has 0 saturated carbocycles. The molecule has 0 aliphatic carbocycles. The molecule has 1 unspecified atom stereocenters. The Morgan fingerprint density at radius 3 is 1.94 bits per heavy atom. The zero-order chi connectivity index (χ0) is 11.4. The molecule has 0 aliphatic heterocycles. The maximum absolute atomic E-state index is 12.0. The molecular formula is C14H13NO. The van der Waals surface area contributed by atoms with Gasteiger partial charge in [0, 0.05) is 5.56 Å². The number of hydrogen-bond donors (Lipinski definition) is 1. The monoisotopic (exact) mass is 211 g/mol. The Balaban J connectivity index is 2.24. The van der Waals surface area contributed by atoms with Crippen LogP contribution in [0.3, 0.4) is 0 Å². The molecule has 0 spiro atoms. The average Bonchev–Trinajstić information content (AvgIpc) is 2.39. The van der Waals surface area contributed by atoms with E-state index in [2.05, 4.69) is 0 Å². The van der Waals surface area contributed by atoms with Crippen molar-refractivity contribution < 1.29 is 4.79 Å². The van der Waals surface area contributed by atoms with Crippen LogP contribution in [0.2, 0.25) is 0 Å². The van der Waals surface area contributed by atoms with Crippen LogP contribution in [0.25, 0.3) is 0 Å². The summed E-state index contributed by atoms with van der Waals surface area (Å²) < 4.78 is 0. The zero-order valence-corrected chi connectivity index (χ0v) is 8.84. The summed E-state index contributed by atoms with van der Waals surface area (Å²) in [5.74, 6) is -0.0493. The number of rotatable bonds is 3. The lowest BCUT2D eigenvalue weighted by molar-refractivity contribution is 0.0961. The maximum atomic E-state index is 12.0. The van der Waals surface area contributed by atoms with Gasteiger partial charge in [0.05, 0.1) is 6.04 Å².